The number of hydrogen-bond donors (Lipinski definition) is 1. The van der Waals surface area contributed by atoms with Gasteiger partial charge in [-0.2, -0.15) is 0 Å². The normalized spacial score (nSPS) is 17.0. The van der Waals surface area contributed by atoms with Crippen LogP contribution in [-0.4, -0.2) is 39.0 Å². The number of hydrogen-bond acceptors (Lipinski definition) is 6. The Morgan fingerprint density at radius 3 is 2.71 bits per heavy atom. The number of rotatable bonds is 3. The number of para-hydroxylation sites is 2. The molecule has 9 heteroatoms. The van der Waals surface area contributed by atoms with E-state index < -0.39 is 23.5 Å². The second kappa shape index (κ2) is 7.79. The van der Waals surface area contributed by atoms with Crippen LogP contribution in [0.15, 0.2) is 47.3 Å². The molecule has 1 N–H and O–H groups in total. The highest BCUT2D eigenvalue weighted by Crippen LogP contribution is 2.37. The summed E-state index contributed by atoms with van der Waals surface area (Å²) in [5.74, 6) is -0.860. The lowest BCUT2D eigenvalue weighted by Gasteiger charge is -2.42. The summed E-state index contributed by atoms with van der Waals surface area (Å²) in [6, 6.07) is 11.6. The molecule has 5 rings (SSSR count). The third-order valence-electron chi connectivity index (χ3n) is 6.41. The maximum atomic E-state index is 13.4. The van der Waals surface area contributed by atoms with Crippen LogP contribution in [-0.2, 0) is 27.3 Å². The summed E-state index contributed by atoms with van der Waals surface area (Å²) in [5, 5.41) is 3.24. The van der Waals surface area contributed by atoms with Gasteiger partial charge in [0, 0.05) is 13.0 Å². The number of carbonyl (C=O) groups excluding carboxylic acids is 3. The van der Waals surface area contributed by atoms with E-state index in [2.05, 4.69) is 10.3 Å². The average Bonchev–Trinajstić information content (AvgIpc) is 3.28. The first-order chi connectivity index (χ1) is 16.2. The molecule has 0 bridgehead atoms. The van der Waals surface area contributed by atoms with Crippen molar-refractivity contribution in [2.75, 3.05) is 10.2 Å². The number of aryl methyl sites for hydroxylation is 1. The van der Waals surface area contributed by atoms with Gasteiger partial charge in [0.05, 0.1) is 27.8 Å². The molecule has 1 atom stereocenters. The first kappa shape index (κ1) is 21.8. The molecule has 2 amide bonds. The Kier molecular flexibility index (Phi) is 5.00. The maximum Gasteiger partial charge on any atom is 0.338 e. The van der Waals surface area contributed by atoms with Crippen molar-refractivity contribution in [2.45, 2.75) is 51.8 Å². The fourth-order valence-electron chi connectivity index (χ4n) is 4.52. The largest absolute Gasteiger partial charge is 0.449 e. The summed E-state index contributed by atoms with van der Waals surface area (Å²) in [6.45, 7) is 5.39. The van der Waals surface area contributed by atoms with E-state index in [1.807, 2.05) is 0 Å². The lowest BCUT2D eigenvalue weighted by Crippen LogP contribution is -2.60. The van der Waals surface area contributed by atoms with Crippen molar-refractivity contribution in [3.63, 3.8) is 0 Å². The number of benzene rings is 2. The molecule has 174 valence electrons. The highest BCUT2D eigenvalue weighted by molar-refractivity contribution is 6.15. The maximum absolute atomic E-state index is 13.4. The van der Waals surface area contributed by atoms with Gasteiger partial charge < -0.3 is 10.1 Å². The third kappa shape index (κ3) is 3.35. The molecular weight excluding hydrogens is 436 g/mol. The van der Waals surface area contributed by atoms with E-state index >= 15 is 0 Å². The highest BCUT2D eigenvalue weighted by atomic mass is 16.5. The van der Waals surface area contributed by atoms with E-state index in [-0.39, 0.29) is 17.0 Å². The predicted octanol–water partition coefficient (Wildman–Crippen LogP) is 2.65. The first-order valence-corrected chi connectivity index (χ1v) is 11.2. The van der Waals surface area contributed by atoms with E-state index in [1.165, 1.54) is 24.0 Å². The van der Waals surface area contributed by atoms with E-state index in [1.54, 1.807) is 48.7 Å². The molecule has 2 aromatic carbocycles. The van der Waals surface area contributed by atoms with Gasteiger partial charge in [-0.15, -0.1) is 0 Å². The topological polar surface area (TPSA) is 111 Å². The summed E-state index contributed by atoms with van der Waals surface area (Å²) in [4.78, 5) is 57.5. The smallest absolute Gasteiger partial charge is 0.338 e. The van der Waals surface area contributed by atoms with E-state index in [4.69, 9.17) is 4.74 Å². The van der Waals surface area contributed by atoms with Crippen LogP contribution in [0.1, 0.15) is 43.4 Å². The quantitative estimate of drug-likeness (QED) is 0.602. The average molecular weight is 460 g/mol. The highest BCUT2D eigenvalue weighted by Gasteiger charge is 2.45. The number of anilines is 2. The van der Waals surface area contributed by atoms with Crippen LogP contribution in [0.3, 0.4) is 0 Å². The SMILES string of the molecule is C[C@H](OC(=O)c1ccc2c(=O)n3c(nc2c1)CCC3)C(=O)N1c2ccccc2NC(=O)C1(C)C. The van der Waals surface area contributed by atoms with Gasteiger partial charge >= 0.3 is 5.97 Å². The van der Waals surface area contributed by atoms with Crippen molar-refractivity contribution in [3.05, 3.63) is 64.2 Å². The third-order valence-corrected chi connectivity index (χ3v) is 6.41. The first-order valence-electron chi connectivity index (χ1n) is 11.2. The molecule has 0 unspecified atom stereocenters. The number of aromatic nitrogens is 2. The molecule has 2 aliphatic rings. The minimum absolute atomic E-state index is 0.120. The Morgan fingerprint density at radius 2 is 1.91 bits per heavy atom. The summed E-state index contributed by atoms with van der Waals surface area (Å²) in [5.41, 5.74) is 0.363. The Bertz CT molecular complexity index is 1420. The lowest BCUT2D eigenvalue weighted by molar-refractivity contribution is -0.131. The zero-order chi connectivity index (χ0) is 24.2. The van der Waals surface area contributed by atoms with Gasteiger partial charge in [0.2, 0.25) is 5.91 Å². The van der Waals surface area contributed by atoms with Crippen LogP contribution in [0.25, 0.3) is 10.9 Å². The van der Waals surface area contributed by atoms with Gasteiger partial charge in [0.1, 0.15) is 11.4 Å². The number of nitrogens with zero attached hydrogens (tertiary/aromatic N) is 3. The lowest BCUT2D eigenvalue weighted by atomic mass is 9.95. The van der Waals surface area contributed by atoms with Crippen LogP contribution in [0.4, 0.5) is 11.4 Å². The van der Waals surface area contributed by atoms with Crippen molar-refractivity contribution in [1.82, 2.24) is 9.55 Å². The Morgan fingerprint density at radius 1 is 1.15 bits per heavy atom. The molecular formula is C25H24N4O5. The van der Waals surface area contributed by atoms with Gasteiger partial charge in [-0.25, -0.2) is 9.78 Å². The minimum atomic E-state index is -1.18. The van der Waals surface area contributed by atoms with Crippen molar-refractivity contribution >= 4 is 40.1 Å². The van der Waals surface area contributed by atoms with Crippen LogP contribution in [0.5, 0.6) is 0 Å². The Hall–Kier alpha value is -4.01. The number of amides is 2. The summed E-state index contributed by atoms with van der Waals surface area (Å²) in [6.07, 6.45) is 0.424. The van der Waals surface area contributed by atoms with Crippen LogP contribution in [0, 0.1) is 0 Å². The van der Waals surface area contributed by atoms with Gasteiger partial charge in [0.25, 0.3) is 11.5 Å². The van der Waals surface area contributed by atoms with Crippen LogP contribution in [0.2, 0.25) is 0 Å². The summed E-state index contributed by atoms with van der Waals surface area (Å²) >= 11 is 0. The van der Waals surface area contributed by atoms with Gasteiger partial charge in [0.15, 0.2) is 6.10 Å². The van der Waals surface area contributed by atoms with Crippen molar-refractivity contribution < 1.29 is 19.1 Å². The van der Waals surface area contributed by atoms with Gasteiger partial charge in [-0.05, 0) is 57.5 Å². The van der Waals surface area contributed by atoms with Crippen LogP contribution < -0.4 is 15.8 Å². The second-order valence-electron chi connectivity index (χ2n) is 9.07. The van der Waals surface area contributed by atoms with E-state index in [9.17, 15) is 19.2 Å². The molecule has 1 aromatic heterocycles. The Labute approximate surface area is 195 Å². The zero-order valence-corrected chi connectivity index (χ0v) is 19.1. The second-order valence-corrected chi connectivity index (χ2v) is 9.07. The van der Waals surface area contributed by atoms with Crippen molar-refractivity contribution in [2.24, 2.45) is 0 Å². The predicted molar refractivity (Wildman–Crippen MR) is 126 cm³/mol. The standard InChI is InChI=1S/C25H24N4O5/c1-14(21(30)29-19-8-5-4-7-17(19)27-24(33)25(29,2)3)34-23(32)15-10-11-16-18(13-15)26-20-9-6-12-28(20)22(16)31/h4-5,7-8,10-11,13-14H,6,9,12H2,1-3H3,(H,27,33)/t14-/m0/s1. The number of nitrogens with one attached hydrogen (secondary N) is 1. The minimum Gasteiger partial charge on any atom is -0.449 e. The summed E-state index contributed by atoms with van der Waals surface area (Å²) in [7, 11) is 0. The monoisotopic (exact) mass is 460 g/mol. The zero-order valence-electron chi connectivity index (χ0n) is 19.1. The fraction of sp³-hybridized carbons (Fsp3) is 0.320. The van der Waals surface area contributed by atoms with E-state index in [0.717, 1.165) is 6.42 Å². The van der Waals surface area contributed by atoms with E-state index in [0.29, 0.717) is 41.1 Å². The van der Waals surface area contributed by atoms with Crippen LogP contribution >= 0.6 is 0 Å². The summed E-state index contributed by atoms with van der Waals surface area (Å²) < 4.78 is 7.16. The number of carbonyl (C=O) groups is 3. The molecule has 0 fully saturated rings. The fourth-order valence-corrected chi connectivity index (χ4v) is 4.52. The molecule has 34 heavy (non-hydrogen) atoms. The number of fused-ring (bicyclic) bond motifs is 3. The molecule has 3 heterocycles. The molecule has 0 aliphatic carbocycles. The number of esters is 1. The van der Waals surface area contributed by atoms with Crippen molar-refractivity contribution in [1.29, 1.82) is 0 Å². The Balaban J connectivity index is 1.42. The molecule has 2 aliphatic heterocycles. The molecule has 0 spiro atoms. The molecule has 9 nitrogen and oxygen atoms in total. The molecule has 0 radical (unpaired) electrons. The number of ether oxygens (including phenoxy) is 1. The molecule has 3 aromatic rings. The van der Waals surface area contributed by atoms with Gasteiger partial charge in [-0.3, -0.25) is 23.9 Å². The molecule has 0 saturated heterocycles. The molecule has 0 saturated carbocycles. The van der Waals surface area contributed by atoms with Gasteiger partial charge in [-0.1, -0.05) is 12.1 Å². The van der Waals surface area contributed by atoms with Crippen molar-refractivity contribution in [3.8, 4) is 0 Å².